The Bertz CT molecular complexity index is 3000. The predicted octanol–water partition coefficient (Wildman–Crippen LogP) is 9.42. The van der Waals surface area contributed by atoms with Gasteiger partial charge in [-0.05, 0) is 77.5 Å². The van der Waals surface area contributed by atoms with Crippen molar-refractivity contribution in [1.29, 1.82) is 0 Å². The second-order valence-corrected chi connectivity index (χ2v) is 11.0. The summed E-state index contributed by atoms with van der Waals surface area (Å²) in [6.07, 6.45) is 0. The normalized spacial score (nSPS) is 18.6. The molecule has 0 N–H and O–H groups in total. The second kappa shape index (κ2) is 9.07. The van der Waals surface area contributed by atoms with Crippen molar-refractivity contribution in [3.63, 3.8) is 0 Å². The van der Waals surface area contributed by atoms with Crippen molar-refractivity contribution in [2.45, 2.75) is 39.3 Å². The standard InChI is InChI=1S/C38H32N6/c1-23(2)27-14-10-20-33-35(27)39-37-41(29-16-5-7-18-31(29)43(33)37)25-12-9-13-26(22-25)42-30-17-6-8-19-32(30)44-34-21-11-15-28(24(3)4)36(34)40-38(42)44/h5-24H,1-4H3/i1D3,2D3,3D3,23D,24D. The maximum absolute atomic E-state index is 8.98. The van der Waals surface area contributed by atoms with Crippen LogP contribution in [-0.2, 0) is 0 Å². The zero-order valence-electron chi connectivity index (χ0n) is 34.6. The summed E-state index contributed by atoms with van der Waals surface area (Å²) in [6, 6.07) is 32.9. The van der Waals surface area contributed by atoms with Crippen LogP contribution in [0, 0.1) is 0 Å². The minimum Gasteiger partial charge on any atom is -0.278 e. The molecule has 214 valence electrons. The summed E-state index contributed by atoms with van der Waals surface area (Å²) in [5.41, 5.74) is 6.28. The minimum absolute atomic E-state index is 0.104. The van der Waals surface area contributed by atoms with E-state index in [1.807, 2.05) is 96.8 Å². The number of fused-ring (bicyclic) bond motifs is 10. The van der Waals surface area contributed by atoms with Gasteiger partial charge in [0, 0.05) is 15.1 Å². The largest absolute Gasteiger partial charge is 0.278 e. The van der Waals surface area contributed by atoms with E-state index < -0.39 is 32.3 Å². The molecule has 0 spiro atoms. The van der Waals surface area contributed by atoms with E-state index in [0.29, 0.717) is 45.0 Å². The fraction of sp³-hybridized carbons (Fsp3) is 0.158. The third-order valence-corrected chi connectivity index (χ3v) is 8.48. The van der Waals surface area contributed by atoms with Gasteiger partial charge < -0.3 is 0 Å². The summed E-state index contributed by atoms with van der Waals surface area (Å²) < 4.78 is 99.0. The van der Waals surface area contributed by atoms with E-state index >= 15 is 0 Å². The first-order valence-electron chi connectivity index (χ1n) is 19.8. The minimum atomic E-state index is -3.19. The number of hydrogen-bond acceptors (Lipinski definition) is 2. The van der Waals surface area contributed by atoms with Crippen molar-refractivity contribution in [1.82, 2.24) is 27.9 Å². The number of aromatic nitrogens is 6. The quantitative estimate of drug-likeness (QED) is 0.207. The molecule has 0 amide bonds. The highest BCUT2D eigenvalue weighted by Gasteiger charge is 2.22. The van der Waals surface area contributed by atoms with Crippen LogP contribution in [0.3, 0.4) is 0 Å². The monoisotopic (exact) mass is 583 g/mol. The van der Waals surface area contributed by atoms with E-state index in [0.717, 1.165) is 22.1 Å². The van der Waals surface area contributed by atoms with E-state index in [-0.39, 0.29) is 11.1 Å². The first kappa shape index (κ1) is 16.5. The number of hydrogen-bond donors (Lipinski definition) is 0. The lowest BCUT2D eigenvalue weighted by molar-refractivity contribution is 0.873. The van der Waals surface area contributed by atoms with Crippen LogP contribution in [0.2, 0.25) is 0 Å². The zero-order valence-corrected chi connectivity index (χ0v) is 23.6. The van der Waals surface area contributed by atoms with Crippen molar-refractivity contribution in [3.05, 3.63) is 120 Å². The van der Waals surface area contributed by atoms with Gasteiger partial charge in [-0.1, -0.05) is 82.1 Å². The lowest BCUT2D eigenvalue weighted by Crippen LogP contribution is -2.00. The number of imidazole rings is 4. The highest BCUT2D eigenvalue weighted by Crippen LogP contribution is 2.35. The average molecular weight is 584 g/mol. The van der Waals surface area contributed by atoms with E-state index in [1.165, 1.54) is 13.0 Å². The van der Waals surface area contributed by atoms with Crippen LogP contribution in [0.5, 0.6) is 0 Å². The molecule has 1 atom stereocenters. The van der Waals surface area contributed by atoms with Crippen molar-refractivity contribution >= 4 is 55.7 Å². The van der Waals surface area contributed by atoms with Gasteiger partial charge in [-0.2, -0.15) is 0 Å². The molecule has 6 heteroatoms. The van der Waals surface area contributed by atoms with Crippen molar-refractivity contribution < 1.29 is 15.1 Å². The smallest absolute Gasteiger partial charge is 0.220 e. The van der Waals surface area contributed by atoms with Crippen LogP contribution in [-0.4, -0.2) is 27.9 Å². The molecule has 1 unspecified atom stereocenters. The van der Waals surface area contributed by atoms with Crippen molar-refractivity contribution in [2.75, 3.05) is 0 Å². The SMILES string of the molecule is [2H]C([2H])([2H])C([2H])(C)c1cccc2c1nc1n(-c3cccc(-n4c5ccccc5n5c6cccc(C([2H])(C([2H])([2H])[2H])C([2H])([2H])[2H])c6nc45)c3)c3ccccc3n21. The molecule has 0 saturated heterocycles. The molecule has 0 radical (unpaired) electrons. The van der Waals surface area contributed by atoms with Gasteiger partial charge in [0.15, 0.2) is 0 Å². The second-order valence-electron chi connectivity index (χ2n) is 11.0. The highest BCUT2D eigenvalue weighted by atomic mass is 15.2. The van der Waals surface area contributed by atoms with Gasteiger partial charge in [0.2, 0.25) is 11.6 Å². The summed E-state index contributed by atoms with van der Waals surface area (Å²) in [6.45, 7) is -7.61. The maximum atomic E-state index is 8.98. The number of benzene rings is 5. The molecule has 0 saturated carbocycles. The Morgan fingerprint density at radius 1 is 0.523 bits per heavy atom. The number of nitrogens with zero attached hydrogens (tertiary/aromatic N) is 6. The van der Waals surface area contributed by atoms with Gasteiger partial charge in [-0.25, -0.2) is 9.97 Å². The molecule has 0 fully saturated rings. The maximum Gasteiger partial charge on any atom is 0.220 e. The molecule has 9 aromatic rings. The molecule has 5 aromatic carbocycles. The highest BCUT2D eigenvalue weighted by molar-refractivity contribution is 5.95. The molecule has 0 aliphatic rings. The molecular weight excluding hydrogens is 540 g/mol. The summed E-state index contributed by atoms with van der Waals surface area (Å²) in [7, 11) is 0. The molecule has 0 aliphatic heterocycles. The lowest BCUT2D eigenvalue weighted by Gasteiger charge is -2.10. The fourth-order valence-electron chi connectivity index (χ4n) is 6.63. The molecule has 6 nitrogen and oxygen atoms in total. The Morgan fingerprint density at radius 2 is 0.955 bits per heavy atom. The van der Waals surface area contributed by atoms with Crippen LogP contribution in [0.1, 0.15) is 65.5 Å². The summed E-state index contributed by atoms with van der Waals surface area (Å²) in [5.74, 6) is -3.97. The number of para-hydroxylation sites is 6. The Hall–Kier alpha value is -5.36. The topological polar surface area (TPSA) is 44.5 Å². The van der Waals surface area contributed by atoms with Gasteiger partial charge in [0.25, 0.3) is 0 Å². The molecule has 44 heavy (non-hydrogen) atoms. The summed E-state index contributed by atoms with van der Waals surface area (Å²) in [4.78, 5) is 9.94. The third kappa shape index (κ3) is 3.31. The molecule has 0 bridgehead atoms. The zero-order chi connectivity index (χ0) is 39.0. The van der Waals surface area contributed by atoms with E-state index in [4.69, 9.17) is 25.0 Å². The Kier molecular flexibility index (Phi) is 3.40. The fourth-order valence-corrected chi connectivity index (χ4v) is 6.63. The van der Waals surface area contributed by atoms with Crippen LogP contribution in [0.25, 0.3) is 67.1 Å². The molecular formula is C38H32N6. The predicted molar refractivity (Wildman–Crippen MR) is 181 cm³/mol. The van der Waals surface area contributed by atoms with Crippen LogP contribution >= 0.6 is 0 Å². The molecule has 4 heterocycles. The Labute approximate surface area is 269 Å². The van der Waals surface area contributed by atoms with Crippen molar-refractivity contribution in [2.24, 2.45) is 0 Å². The third-order valence-electron chi connectivity index (χ3n) is 8.48. The Morgan fingerprint density at radius 3 is 1.45 bits per heavy atom. The average Bonchev–Trinajstić information content (AvgIpc) is 3.86. The molecule has 9 rings (SSSR count). The van der Waals surface area contributed by atoms with Gasteiger partial charge in [0.1, 0.15) is 0 Å². The molecule has 0 aliphatic carbocycles. The van der Waals surface area contributed by atoms with E-state index in [1.54, 1.807) is 24.3 Å². The summed E-state index contributed by atoms with van der Waals surface area (Å²) in [5, 5.41) is 0. The van der Waals surface area contributed by atoms with Gasteiger partial charge in [0.05, 0.1) is 55.5 Å². The first-order chi connectivity index (χ1) is 25.9. The summed E-state index contributed by atoms with van der Waals surface area (Å²) >= 11 is 0. The first-order valence-corrected chi connectivity index (χ1v) is 14.3. The van der Waals surface area contributed by atoms with Gasteiger partial charge in [-0.15, -0.1) is 0 Å². The molecule has 4 aromatic heterocycles. The number of rotatable bonds is 4. The van der Waals surface area contributed by atoms with Crippen LogP contribution < -0.4 is 0 Å². The van der Waals surface area contributed by atoms with E-state index in [2.05, 4.69) is 0 Å². The lowest BCUT2D eigenvalue weighted by atomic mass is 10.0. The van der Waals surface area contributed by atoms with Gasteiger partial charge in [-0.3, -0.25) is 17.9 Å². The van der Waals surface area contributed by atoms with Crippen LogP contribution in [0.4, 0.5) is 0 Å². The van der Waals surface area contributed by atoms with Crippen LogP contribution in [0.15, 0.2) is 109 Å². The van der Waals surface area contributed by atoms with E-state index in [9.17, 15) is 0 Å². The van der Waals surface area contributed by atoms with Crippen molar-refractivity contribution in [3.8, 4) is 11.4 Å². The van der Waals surface area contributed by atoms with Gasteiger partial charge >= 0.3 is 0 Å². The Balaban J connectivity index is 1.32.